The second-order valence-electron chi connectivity index (χ2n) is 18.5. The summed E-state index contributed by atoms with van der Waals surface area (Å²) < 4.78 is 55.8. The highest BCUT2D eigenvalue weighted by molar-refractivity contribution is 5.68. The van der Waals surface area contributed by atoms with E-state index >= 15 is 0 Å². The van der Waals surface area contributed by atoms with Crippen molar-refractivity contribution in [3.8, 4) is 44.5 Å². The Hall–Kier alpha value is -6.52. The van der Waals surface area contributed by atoms with Gasteiger partial charge in [0.05, 0.1) is 0 Å². The average molecular weight is 817 g/mol. The molecule has 304 valence electrons. The van der Waals surface area contributed by atoms with Crippen LogP contribution in [-0.2, 0) is 21.7 Å². The van der Waals surface area contributed by atoms with Crippen molar-refractivity contribution in [3.05, 3.63) is 240 Å². The highest BCUT2D eigenvalue weighted by Gasteiger charge is 2.69. The Bertz CT molecular complexity index is 2440. The van der Waals surface area contributed by atoms with Gasteiger partial charge in [0.15, 0.2) is 0 Å². The molecular weight excluding hydrogens is 773 g/mol. The summed E-state index contributed by atoms with van der Waals surface area (Å²) in [6, 6.07) is 63.2. The van der Waals surface area contributed by atoms with Crippen molar-refractivity contribution >= 4 is 0 Å². The van der Waals surface area contributed by atoms with Crippen molar-refractivity contribution in [2.45, 2.75) is 60.2 Å². The van der Waals surface area contributed by atoms with Gasteiger partial charge in [-0.25, -0.2) is 17.6 Å². The van der Waals surface area contributed by atoms with Gasteiger partial charge < -0.3 is 0 Å². The lowest BCUT2D eigenvalue weighted by atomic mass is 9.32. The molecule has 0 unspecified atom stereocenters. The number of hydrogen-bond acceptors (Lipinski definition) is 0. The minimum absolute atomic E-state index is 0.184. The van der Waals surface area contributed by atoms with Gasteiger partial charge in [0.2, 0.25) is 0 Å². The summed E-state index contributed by atoms with van der Waals surface area (Å²) in [4.78, 5) is 0. The van der Waals surface area contributed by atoms with Crippen molar-refractivity contribution in [2.75, 3.05) is 0 Å². The van der Waals surface area contributed by atoms with Crippen LogP contribution < -0.4 is 0 Å². The van der Waals surface area contributed by atoms with Gasteiger partial charge in [0.1, 0.15) is 23.3 Å². The van der Waals surface area contributed by atoms with Gasteiger partial charge >= 0.3 is 0 Å². The van der Waals surface area contributed by atoms with Crippen LogP contribution in [0.2, 0.25) is 0 Å². The van der Waals surface area contributed by atoms with E-state index in [1.807, 2.05) is 48.5 Å². The van der Waals surface area contributed by atoms with Crippen LogP contribution in [0.5, 0.6) is 0 Å². The second kappa shape index (κ2) is 14.6. The van der Waals surface area contributed by atoms with E-state index in [9.17, 15) is 17.6 Å². The Balaban J connectivity index is 1.08. The standard InChI is InChI=1S/C58H44F4/c59-51-25-9-43(10-26-51)39-1-17-47(18-2-39)55-33-56(48-19-3-40(4-20-48)44-11-27-52(60)28-12-44)36-57(34-55,49-21-5-41(6-22-49)45-13-29-53(61)30-14-45)38-58(35-55,37-56)50-23-7-42(8-24-50)46-15-31-54(62)32-16-46/h1-32H,33-38H2. The van der Waals surface area contributed by atoms with Crippen molar-refractivity contribution in [2.24, 2.45) is 0 Å². The first kappa shape index (κ1) is 38.4. The third-order valence-corrected chi connectivity index (χ3v) is 14.8. The summed E-state index contributed by atoms with van der Waals surface area (Å²) >= 11 is 0. The summed E-state index contributed by atoms with van der Waals surface area (Å²) in [6.07, 6.45) is 5.98. The Morgan fingerprint density at radius 1 is 0.194 bits per heavy atom. The molecule has 12 rings (SSSR count). The molecule has 0 spiro atoms. The summed E-state index contributed by atoms with van der Waals surface area (Å²) in [5.74, 6) is -0.993. The highest BCUT2D eigenvalue weighted by atomic mass is 19.1. The minimum atomic E-state index is -0.248. The first-order valence-corrected chi connectivity index (χ1v) is 21.6. The molecule has 0 atom stereocenters. The smallest absolute Gasteiger partial charge is 0.123 e. The van der Waals surface area contributed by atoms with Crippen LogP contribution in [0.15, 0.2) is 194 Å². The van der Waals surface area contributed by atoms with Crippen molar-refractivity contribution in [1.29, 1.82) is 0 Å². The van der Waals surface area contributed by atoms with E-state index in [2.05, 4.69) is 97.1 Å². The molecule has 4 fully saturated rings. The van der Waals surface area contributed by atoms with Gasteiger partial charge in [-0.15, -0.1) is 0 Å². The van der Waals surface area contributed by atoms with Crippen LogP contribution >= 0.6 is 0 Å². The number of benzene rings is 8. The molecule has 0 aliphatic heterocycles. The minimum Gasteiger partial charge on any atom is -0.207 e. The first-order valence-electron chi connectivity index (χ1n) is 21.6. The predicted octanol–water partition coefficient (Wildman–Crippen LogP) is 15.3. The number of halogens is 4. The third-order valence-electron chi connectivity index (χ3n) is 14.8. The number of rotatable bonds is 8. The maximum absolute atomic E-state index is 13.9. The van der Waals surface area contributed by atoms with E-state index in [0.717, 1.165) is 83.0 Å². The summed E-state index contributed by atoms with van der Waals surface area (Å²) in [5.41, 5.74) is 12.7. The fraction of sp³-hybridized carbons (Fsp3) is 0.172. The molecule has 4 bridgehead atoms. The van der Waals surface area contributed by atoms with Crippen molar-refractivity contribution in [3.63, 3.8) is 0 Å². The molecule has 8 aromatic carbocycles. The maximum atomic E-state index is 13.9. The fourth-order valence-corrected chi connectivity index (χ4v) is 12.5. The number of hydrogen-bond donors (Lipinski definition) is 0. The van der Waals surface area contributed by atoms with Crippen LogP contribution in [0.4, 0.5) is 17.6 Å². The second-order valence-corrected chi connectivity index (χ2v) is 18.5. The largest absolute Gasteiger partial charge is 0.207 e. The molecule has 0 nitrogen and oxygen atoms in total. The molecule has 0 saturated heterocycles. The lowest BCUT2D eigenvalue weighted by Crippen LogP contribution is -2.67. The summed E-state index contributed by atoms with van der Waals surface area (Å²) in [7, 11) is 0. The van der Waals surface area contributed by atoms with Crippen LogP contribution in [0.25, 0.3) is 44.5 Å². The monoisotopic (exact) mass is 816 g/mol. The zero-order chi connectivity index (χ0) is 42.1. The van der Waals surface area contributed by atoms with Gasteiger partial charge in [0.25, 0.3) is 0 Å². The molecule has 4 heteroatoms. The first-order chi connectivity index (χ1) is 30.1. The van der Waals surface area contributed by atoms with Gasteiger partial charge in [0, 0.05) is 0 Å². The van der Waals surface area contributed by atoms with E-state index in [1.54, 1.807) is 0 Å². The van der Waals surface area contributed by atoms with E-state index < -0.39 is 0 Å². The molecule has 4 aliphatic rings. The molecule has 62 heavy (non-hydrogen) atoms. The molecule has 0 heterocycles. The quantitative estimate of drug-likeness (QED) is 0.134. The maximum Gasteiger partial charge on any atom is 0.123 e. The Kier molecular flexibility index (Phi) is 9.01. The molecule has 4 saturated carbocycles. The molecule has 4 aliphatic carbocycles. The van der Waals surface area contributed by atoms with Gasteiger partial charge in [-0.05, 0) is 175 Å². The van der Waals surface area contributed by atoms with Gasteiger partial charge in [-0.2, -0.15) is 0 Å². The zero-order valence-electron chi connectivity index (χ0n) is 34.2. The van der Waals surface area contributed by atoms with Crippen molar-refractivity contribution in [1.82, 2.24) is 0 Å². The van der Waals surface area contributed by atoms with Crippen LogP contribution in [0.1, 0.15) is 60.8 Å². The molecule has 0 radical (unpaired) electrons. The molecule has 0 aromatic heterocycles. The van der Waals surface area contributed by atoms with E-state index in [1.165, 1.54) is 70.8 Å². The molecule has 8 aromatic rings. The molecule has 0 N–H and O–H groups in total. The molecular formula is C58H44F4. The van der Waals surface area contributed by atoms with Crippen LogP contribution in [-0.4, -0.2) is 0 Å². The fourth-order valence-electron chi connectivity index (χ4n) is 12.5. The highest BCUT2D eigenvalue weighted by Crippen LogP contribution is 2.75. The van der Waals surface area contributed by atoms with E-state index in [-0.39, 0.29) is 44.9 Å². The Morgan fingerprint density at radius 3 is 0.468 bits per heavy atom. The Morgan fingerprint density at radius 2 is 0.323 bits per heavy atom. The predicted molar refractivity (Wildman–Crippen MR) is 242 cm³/mol. The average Bonchev–Trinajstić information content (AvgIpc) is 3.30. The van der Waals surface area contributed by atoms with Crippen LogP contribution in [0.3, 0.4) is 0 Å². The zero-order valence-corrected chi connectivity index (χ0v) is 34.2. The SMILES string of the molecule is Fc1ccc(-c2ccc(C34CC5(c6ccc(-c7ccc(F)cc7)cc6)CC(c6ccc(-c7ccc(F)cc7)cc6)(C3)CC(c3ccc(-c6ccc(F)cc6)cc3)(C4)C5)cc2)cc1. The molecule has 0 amide bonds. The Labute approximate surface area is 360 Å². The van der Waals surface area contributed by atoms with Gasteiger partial charge in [-0.3, -0.25) is 0 Å². The normalized spacial score (nSPS) is 23.7. The van der Waals surface area contributed by atoms with Crippen LogP contribution in [0, 0.1) is 23.3 Å². The van der Waals surface area contributed by atoms with E-state index in [4.69, 9.17) is 0 Å². The van der Waals surface area contributed by atoms with Gasteiger partial charge in [-0.1, -0.05) is 146 Å². The lowest BCUT2D eigenvalue weighted by Gasteiger charge is -2.71. The van der Waals surface area contributed by atoms with E-state index in [0.29, 0.717) is 0 Å². The topological polar surface area (TPSA) is 0 Å². The summed E-state index contributed by atoms with van der Waals surface area (Å²) in [6.45, 7) is 0. The summed E-state index contributed by atoms with van der Waals surface area (Å²) in [5, 5.41) is 0. The lowest BCUT2D eigenvalue weighted by molar-refractivity contribution is -0.0691. The van der Waals surface area contributed by atoms with Crippen molar-refractivity contribution < 1.29 is 17.6 Å². The third kappa shape index (κ3) is 6.59.